The molecule has 0 aliphatic heterocycles. The highest BCUT2D eigenvalue weighted by molar-refractivity contribution is 5.74. The summed E-state index contributed by atoms with van der Waals surface area (Å²) in [5.74, 6) is 0. The Labute approximate surface area is 95.7 Å². The van der Waals surface area contributed by atoms with E-state index in [0.717, 1.165) is 5.56 Å². The van der Waals surface area contributed by atoms with Crippen molar-refractivity contribution in [1.29, 1.82) is 0 Å². The Morgan fingerprint density at radius 1 is 1.25 bits per heavy atom. The maximum atomic E-state index is 11.5. The molecule has 1 aromatic carbocycles. The Bertz CT molecular complexity index is 325. The molecule has 0 fully saturated rings. The summed E-state index contributed by atoms with van der Waals surface area (Å²) in [7, 11) is 0. The zero-order valence-electron chi connectivity index (χ0n) is 9.60. The molecule has 4 heteroatoms. The number of carbonyl (C=O) groups is 1. The van der Waals surface area contributed by atoms with E-state index in [-0.39, 0.29) is 24.7 Å². The molecule has 0 aliphatic rings. The topological polar surface area (TPSA) is 61.4 Å². The summed E-state index contributed by atoms with van der Waals surface area (Å²) in [4.78, 5) is 11.5. The van der Waals surface area contributed by atoms with Gasteiger partial charge in [0.25, 0.3) is 0 Å². The number of rotatable bonds is 4. The van der Waals surface area contributed by atoms with Crippen LogP contribution in [0.25, 0.3) is 0 Å². The van der Waals surface area contributed by atoms with E-state index in [2.05, 4.69) is 10.6 Å². The Morgan fingerprint density at radius 2 is 1.88 bits per heavy atom. The number of aliphatic hydroxyl groups excluding tert-OH is 1. The standard InChI is InChI=1S/C12H18N2O2/c1-9(2)13-12(16)14-11(8-15)10-6-4-3-5-7-10/h3-7,9,11,15H,8H2,1-2H3,(H2,13,14,16)/t11-/m0/s1. The first-order chi connectivity index (χ1) is 7.63. The smallest absolute Gasteiger partial charge is 0.315 e. The first kappa shape index (κ1) is 12.5. The Balaban J connectivity index is 2.59. The third-order valence-corrected chi connectivity index (χ3v) is 2.11. The van der Waals surface area contributed by atoms with Crippen molar-refractivity contribution in [3.63, 3.8) is 0 Å². The molecule has 0 saturated heterocycles. The number of urea groups is 1. The summed E-state index contributed by atoms with van der Waals surface area (Å²) in [5.41, 5.74) is 0.893. The normalized spacial score (nSPS) is 12.2. The minimum Gasteiger partial charge on any atom is -0.394 e. The van der Waals surface area contributed by atoms with Gasteiger partial charge in [0.2, 0.25) is 0 Å². The van der Waals surface area contributed by atoms with E-state index in [4.69, 9.17) is 0 Å². The van der Waals surface area contributed by atoms with Crippen molar-refractivity contribution in [2.45, 2.75) is 25.9 Å². The van der Waals surface area contributed by atoms with Gasteiger partial charge in [0.1, 0.15) is 0 Å². The van der Waals surface area contributed by atoms with Crippen LogP contribution in [0.5, 0.6) is 0 Å². The van der Waals surface area contributed by atoms with Crippen molar-refractivity contribution in [2.24, 2.45) is 0 Å². The zero-order chi connectivity index (χ0) is 12.0. The van der Waals surface area contributed by atoms with E-state index in [1.165, 1.54) is 0 Å². The van der Waals surface area contributed by atoms with E-state index < -0.39 is 0 Å². The van der Waals surface area contributed by atoms with Gasteiger partial charge in [-0.3, -0.25) is 0 Å². The van der Waals surface area contributed by atoms with Gasteiger partial charge < -0.3 is 15.7 Å². The molecular weight excluding hydrogens is 204 g/mol. The predicted octanol–water partition coefficient (Wildman–Crippen LogP) is 1.43. The monoisotopic (exact) mass is 222 g/mol. The lowest BCUT2D eigenvalue weighted by Crippen LogP contribution is -2.42. The number of carbonyl (C=O) groups excluding carboxylic acids is 1. The lowest BCUT2D eigenvalue weighted by atomic mass is 10.1. The number of benzene rings is 1. The number of amides is 2. The molecule has 0 heterocycles. The second-order valence-corrected chi connectivity index (χ2v) is 3.92. The first-order valence-corrected chi connectivity index (χ1v) is 5.36. The second-order valence-electron chi connectivity index (χ2n) is 3.92. The number of aliphatic hydroxyl groups is 1. The number of hydrogen-bond acceptors (Lipinski definition) is 2. The summed E-state index contributed by atoms with van der Waals surface area (Å²) >= 11 is 0. The van der Waals surface area contributed by atoms with Crippen molar-refractivity contribution in [2.75, 3.05) is 6.61 Å². The largest absolute Gasteiger partial charge is 0.394 e. The average Bonchev–Trinajstić information content (AvgIpc) is 2.26. The zero-order valence-corrected chi connectivity index (χ0v) is 9.60. The van der Waals surface area contributed by atoms with Crippen LogP contribution in [0.3, 0.4) is 0 Å². The molecule has 0 radical (unpaired) electrons. The van der Waals surface area contributed by atoms with Gasteiger partial charge in [-0.1, -0.05) is 30.3 Å². The minimum absolute atomic E-state index is 0.0788. The van der Waals surface area contributed by atoms with E-state index in [9.17, 15) is 9.90 Å². The van der Waals surface area contributed by atoms with Crippen molar-refractivity contribution in [3.05, 3.63) is 35.9 Å². The van der Waals surface area contributed by atoms with Crippen LogP contribution < -0.4 is 10.6 Å². The Hall–Kier alpha value is -1.55. The Kier molecular flexibility index (Phi) is 4.79. The van der Waals surface area contributed by atoms with Gasteiger partial charge >= 0.3 is 6.03 Å². The van der Waals surface area contributed by atoms with Gasteiger partial charge in [-0.15, -0.1) is 0 Å². The fourth-order valence-electron chi connectivity index (χ4n) is 1.38. The van der Waals surface area contributed by atoms with Gasteiger partial charge in [0.15, 0.2) is 0 Å². The molecular formula is C12H18N2O2. The van der Waals surface area contributed by atoms with Gasteiger partial charge in [0.05, 0.1) is 12.6 Å². The Morgan fingerprint density at radius 3 is 2.38 bits per heavy atom. The SMILES string of the molecule is CC(C)NC(=O)N[C@@H](CO)c1ccccc1. The van der Waals surface area contributed by atoms with Crippen LogP contribution in [0.1, 0.15) is 25.5 Å². The van der Waals surface area contributed by atoms with Gasteiger partial charge in [0, 0.05) is 6.04 Å². The fraction of sp³-hybridized carbons (Fsp3) is 0.417. The highest BCUT2D eigenvalue weighted by Gasteiger charge is 2.13. The third-order valence-electron chi connectivity index (χ3n) is 2.11. The van der Waals surface area contributed by atoms with E-state index in [1.54, 1.807) is 0 Å². The van der Waals surface area contributed by atoms with Gasteiger partial charge in [-0.25, -0.2) is 4.79 Å². The summed E-state index contributed by atoms with van der Waals surface area (Å²) in [6.07, 6.45) is 0. The highest BCUT2D eigenvalue weighted by atomic mass is 16.3. The lowest BCUT2D eigenvalue weighted by molar-refractivity contribution is 0.215. The summed E-state index contributed by atoms with van der Waals surface area (Å²) in [5, 5.41) is 14.7. The molecule has 16 heavy (non-hydrogen) atoms. The molecule has 1 rings (SSSR count). The van der Waals surface area contributed by atoms with Crippen LogP contribution >= 0.6 is 0 Å². The molecule has 0 spiro atoms. The molecule has 1 aromatic rings. The maximum Gasteiger partial charge on any atom is 0.315 e. The van der Waals surface area contributed by atoms with Crippen LogP contribution in [0.15, 0.2) is 30.3 Å². The maximum absolute atomic E-state index is 11.5. The molecule has 0 aliphatic carbocycles. The fourth-order valence-corrected chi connectivity index (χ4v) is 1.38. The van der Waals surface area contributed by atoms with E-state index in [0.29, 0.717) is 0 Å². The number of hydrogen-bond donors (Lipinski definition) is 3. The third kappa shape index (κ3) is 3.90. The first-order valence-electron chi connectivity index (χ1n) is 5.36. The molecule has 0 bridgehead atoms. The minimum atomic E-state index is -0.361. The molecule has 88 valence electrons. The molecule has 1 atom stereocenters. The average molecular weight is 222 g/mol. The van der Waals surface area contributed by atoms with Crippen molar-refractivity contribution in [1.82, 2.24) is 10.6 Å². The molecule has 0 unspecified atom stereocenters. The van der Waals surface area contributed by atoms with Gasteiger partial charge in [-0.05, 0) is 19.4 Å². The summed E-state index contributed by atoms with van der Waals surface area (Å²) in [6.45, 7) is 3.65. The summed E-state index contributed by atoms with van der Waals surface area (Å²) in [6, 6.07) is 8.84. The molecule has 0 aromatic heterocycles. The van der Waals surface area contributed by atoms with Crippen LogP contribution in [0.2, 0.25) is 0 Å². The second kappa shape index (κ2) is 6.12. The van der Waals surface area contributed by atoms with Crippen LogP contribution in [-0.2, 0) is 0 Å². The van der Waals surface area contributed by atoms with Crippen LogP contribution in [-0.4, -0.2) is 23.8 Å². The quantitative estimate of drug-likeness (QED) is 0.721. The molecule has 4 nitrogen and oxygen atoms in total. The van der Waals surface area contributed by atoms with E-state index >= 15 is 0 Å². The highest BCUT2D eigenvalue weighted by Crippen LogP contribution is 2.10. The summed E-state index contributed by atoms with van der Waals surface area (Å²) < 4.78 is 0. The lowest BCUT2D eigenvalue weighted by Gasteiger charge is -2.18. The van der Waals surface area contributed by atoms with Crippen molar-refractivity contribution in [3.8, 4) is 0 Å². The van der Waals surface area contributed by atoms with Crippen LogP contribution in [0, 0.1) is 0 Å². The van der Waals surface area contributed by atoms with E-state index in [1.807, 2.05) is 44.2 Å². The molecule has 0 saturated carbocycles. The number of nitrogens with one attached hydrogen (secondary N) is 2. The van der Waals surface area contributed by atoms with Crippen LogP contribution in [0.4, 0.5) is 4.79 Å². The molecule has 2 amide bonds. The van der Waals surface area contributed by atoms with Gasteiger partial charge in [-0.2, -0.15) is 0 Å². The predicted molar refractivity (Wildman–Crippen MR) is 63.1 cm³/mol. The van der Waals surface area contributed by atoms with Crippen molar-refractivity contribution < 1.29 is 9.90 Å². The molecule has 3 N–H and O–H groups in total. The van der Waals surface area contributed by atoms with Crippen molar-refractivity contribution >= 4 is 6.03 Å².